The van der Waals surface area contributed by atoms with E-state index in [2.05, 4.69) is 4.98 Å². The van der Waals surface area contributed by atoms with Crippen LogP contribution in [-0.2, 0) is 6.42 Å². The molecule has 0 saturated carbocycles. The van der Waals surface area contributed by atoms with Crippen LogP contribution in [0.5, 0.6) is 0 Å². The number of halogens is 1. The number of carboxylic acid groups (broad SMARTS) is 1. The van der Waals surface area contributed by atoms with Crippen molar-refractivity contribution in [2.45, 2.75) is 13.3 Å². The molecule has 2 rings (SSSR count). The van der Waals surface area contributed by atoms with E-state index in [1.165, 1.54) is 12.1 Å². The zero-order valence-electron chi connectivity index (χ0n) is 9.11. The van der Waals surface area contributed by atoms with E-state index in [4.69, 9.17) is 5.11 Å². The number of thiazole rings is 1. The minimum Gasteiger partial charge on any atom is -0.477 e. The molecule has 0 unspecified atom stereocenters. The fraction of sp³-hybridized carbons (Fsp3) is 0.167. The maximum Gasteiger partial charge on any atom is 0.347 e. The van der Waals surface area contributed by atoms with E-state index in [0.717, 1.165) is 21.9 Å². The SMILES string of the molecule is Cc1nc(Cc2ccc(F)cc2)sc1C(=O)O. The fourth-order valence-electron chi connectivity index (χ4n) is 1.50. The third-order valence-electron chi connectivity index (χ3n) is 2.30. The summed E-state index contributed by atoms with van der Waals surface area (Å²) in [5, 5.41) is 9.63. The summed E-state index contributed by atoms with van der Waals surface area (Å²) in [5.41, 5.74) is 1.44. The quantitative estimate of drug-likeness (QED) is 0.912. The molecule has 0 saturated heterocycles. The molecule has 0 amide bonds. The minimum absolute atomic E-state index is 0.266. The standard InChI is InChI=1S/C12H10FNO2S/c1-7-11(12(15)16)17-10(14-7)6-8-2-4-9(13)5-3-8/h2-5H,6H2,1H3,(H,15,16). The first-order chi connectivity index (χ1) is 8.06. The van der Waals surface area contributed by atoms with E-state index in [1.54, 1.807) is 19.1 Å². The summed E-state index contributed by atoms with van der Waals surface area (Å²) in [6.07, 6.45) is 0.527. The van der Waals surface area contributed by atoms with Gasteiger partial charge in [-0.1, -0.05) is 12.1 Å². The van der Waals surface area contributed by atoms with Crippen LogP contribution in [0.3, 0.4) is 0 Å². The first-order valence-corrected chi connectivity index (χ1v) is 5.82. The largest absolute Gasteiger partial charge is 0.477 e. The second-order valence-corrected chi connectivity index (χ2v) is 4.71. The molecule has 1 heterocycles. The molecule has 1 aromatic carbocycles. The Morgan fingerprint density at radius 3 is 2.59 bits per heavy atom. The number of carboxylic acids is 1. The van der Waals surface area contributed by atoms with Gasteiger partial charge in [-0.15, -0.1) is 11.3 Å². The van der Waals surface area contributed by atoms with Crippen LogP contribution in [0.4, 0.5) is 4.39 Å². The highest BCUT2D eigenvalue weighted by Gasteiger charge is 2.13. The van der Waals surface area contributed by atoms with Crippen molar-refractivity contribution in [2.75, 3.05) is 0 Å². The van der Waals surface area contributed by atoms with Crippen molar-refractivity contribution in [3.8, 4) is 0 Å². The second-order valence-electron chi connectivity index (χ2n) is 3.63. The number of rotatable bonds is 3. The Morgan fingerprint density at radius 1 is 1.41 bits per heavy atom. The van der Waals surface area contributed by atoms with Crippen LogP contribution in [0.2, 0.25) is 0 Å². The lowest BCUT2D eigenvalue weighted by molar-refractivity contribution is 0.0701. The Morgan fingerprint density at radius 2 is 2.06 bits per heavy atom. The molecule has 0 radical (unpaired) electrons. The predicted molar refractivity (Wildman–Crippen MR) is 63.0 cm³/mol. The van der Waals surface area contributed by atoms with E-state index in [0.29, 0.717) is 12.1 Å². The van der Waals surface area contributed by atoms with Crippen molar-refractivity contribution in [3.63, 3.8) is 0 Å². The van der Waals surface area contributed by atoms with Crippen LogP contribution in [0.1, 0.15) is 25.9 Å². The van der Waals surface area contributed by atoms with Crippen molar-refractivity contribution in [1.82, 2.24) is 4.98 Å². The summed E-state index contributed by atoms with van der Waals surface area (Å²) in [4.78, 5) is 15.3. The van der Waals surface area contributed by atoms with Crippen molar-refractivity contribution in [3.05, 3.63) is 51.2 Å². The molecule has 3 nitrogen and oxygen atoms in total. The number of nitrogens with zero attached hydrogens (tertiary/aromatic N) is 1. The summed E-state index contributed by atoms with van der Waals surface area (Å²) in [6, 6.07) is 6.11. The summed E-state index contributed by atoms with van der Waals surface area (Å²) in [6.45, 7) is 1.67. The van der Waals surface area contributed by atoms with Crippen LogP contribution in [0.25, 0.3) is 0 Å². The Kier molecular flexibility index (Phi) is 3.19. The number of benzene rings is 1. The van der Waals surface area contributed by atoms with Crippen molar-refractivity contribution in [1.29, 1.82) is 0 Å². The molecular formula is C12H10FNO2S. The van der Waals surface area contributed by atoms with Crippen molar-refractivity contribution < 1.29 is 14.3 Å². The van der Waals surface area contributed by atoms with Gasteiger partial charge in [-0.05, 0) is 24.6 Å². The number of aryl methyl sites for hydroxylation is 1. The number of hydrogen-bond donors (Lipinski definition) is 1. The van der Waals surface area contributed by atoms with Gasteiger partial charge in [-0.25, -0.2) is 14.2 Å². The molecule has 0 aliphatic carbocycles. The monoisotopic (exact) mass is 251 g/mol. The molecule has 0 fully saturated rings. The molecule has 1 aromatic heterocycles. The lowest BCUT2D eigenvalue weighted by atomic mass is 10.1. The van der Waals surface area contributed by atoms with Crippen LogP contribution in [0, 0.1) is 12.7 Å². The molecule has 0 spiro atoms. The van der Waals surface area contributed by atoms with Gasteiger partial charge in [0.25, 0.3) is 0 Å². The van der Waals surface area contributed by atoms with Gasteiger partial charge in [0.2, 0.25) is 0 Å². The van der Waals surface area contributed by atoms with Gasteiger partial charge in [0, 0.05) is 6.42 Å². The van der Waals surface area contributed by atoms with Gasteiger partial charge in [0.05, 0.1) is 10.7 Å². The fourth-order valence-corrected chi connectivity index (χ4v) is 2.44. The third kappa shape index (κ3) is 2.68. The topological polar surface area (TPSA) is 50.2 Å². The van der Waals surface area contributed by atoms with Gasteiger partial charge in [-0.3, -0.25) is 0 Å². The number of carbonyl (C=O) groups is 1. The van der Waals surface area contributed by atoms with Gasteiger partial charge in [-0.2, -0.15) is 0 Å². The van der Waals surface area contributed by atoms with E-state index in [1.807, 2.05) is 0 Å². The molecule has 0 bridgehead atoms. The first kappa shape index (κ1) is 11.7. The molecule has 1 N–H and O–H groups in total. The number of aromatic carboxylic acids is 1. The first-order valence-electron chi connectivity index (χ1n) is 5.00. The number of hydrogen-bond acceptors (Lipinski definition) is 3. The van der Waals surface area contributed by atoms with Gasteiger partial charge in [0.15, 0.2) is 0 Å². The highest BCUT2D eigenvalue weighted by Crippen LogP contribution is 2.20. The maximum absolute atomic E-state index is 12.7. The molecule has 0 aliphatic heterocycles. The average Bonchev–Trinajstić information content (AvgIpc) is 2.63. The van der Waals surface area contributed by atoms with E-state index >= 15 is 0 Å². The summed E-state index contributed by atoms with van der Waals surface area (Å²) in [5.74, 6) is -1.24. The van der Waals surface area contributed by atoms with E-state index in [9.17, 15) is 9.18 Å². The highest BCUT2D eigenvalue weighted by atomic mass is 32.1. The maximum atomic E-state index is 12.7. The summed E-state index contributed by atoms with van der Waals surface area (Å²) >= 11 is 1.16. The average molecular weight is 251 g/mol. The Balaban J connectivity index is 2.22. The molecule has 0 aliphatic rings. The molecule has 0 atom stereocenters. The smallest absolute Gasteiger partial charge is 0.347 e. The normalized spacial score (nSPS) is 10.5. The lowest BCUT2D eigenvalue weighted by Crippen LogP contribution is -1.94. The van der Waals surface area contributed by atoms with Crippen LogP contribution in [-0.4, -0.2) is 16.1 Å². The molecule has 17 heavy (non-hydrogen) atoms. The van der Waals surface area contributed by atoms with Gasteiger partial charge < -0.3 is 5.11 Å². The van der Waals surface area contributed by atoms with Gasteiger partial charge >= 0.3 is 5.97 Å². The summed E-state index contributed by atoms with van der Waals surface area (Å²) in [7, 11) is 0. The van der Waals surface area contributed by atoms with E-state index in [-0.39, 0.29) is 10.7 Å². The Labute approximate surface area is 102 Å². The molecule has 5 heteroatoms. The Hall–Kier alpha value is -1.75. The molecular weight excluding hydrogens is 241 g/mol. The van der Waals surface area contributed by atoms with Crippen LogP contribution < -0.4 is 0 Å². The zero-order chi connectivity index (χ0) is 12.4. The van der Waals surface area contributed by atoms with Crippen LogP contribution in [0.15, 0.2) is 24.3 Å². The van der Waals surface area contributed by atoms with Crippen LogP contribution >= 0.6 is 11.3 Å². The second kappa shape index (κ2) is 4.63. The van der Waals surface area contributed by atoms with Crippen molar-refractivity contribution >= 4 is 17.3 Å². The molecule has 2 aromatic rings. The Bertz CT molecular complexity index is 548. The minimum atomic E-state index is -0.953. The predicted octanol–water partition coefficient (Wildman–Crippen LogP) is 2.88. The van der Waals surface area contributed by atoms with E-state index < -0.39 is 5.97 Å². The van der Waals surface area contributed by atoms with Gasteiger partial charge in [0.1, 0.15) is 10.7 Å². The van der Waals surface area contributed by atoms with Crippen molar-refractivity contribution in [2.24, 2.45) is 0 Å². The highest BCUT2D eigenvalue weighted by molar-refractivity contribution is 7.13. The number of aromatic nitrogens is 1. The summed E-state index contributed by atoms with van der Waals surface area (Å²) < 4.78 is 12.7. The zero-order valence-corrected chi connectivity index (χ0v) is 9.92. The third-order valence-corrected chi connectivity index (χ3v) is 3.45. The lowest BCUT2D eigenvalue weighted by Gasteiger charge is -1.96. The molecule has 88 valence electrons.